The SMILES string of the molecule is CC1C[C@H](C(=O)NCCn2ccnn2)[C@H](C(=O)O)C1. The minimum Gasteiger partial charge on any atom is -0.481 e. The molecule has 0 aliphatic heterocycles. The lowest BCUT2D eigenvalue weighted by Gasteiger charge is -2.15. The number of nitrogens with one attached hydrogen (secondary N) is 1. The summed E-state index contributed by atoms with van der Waals surface area (Å²) in [6.07, 6.45) is 4.51. The molecule has 1 fully saturated rings. The Morgan fingerprint density at radius 1 is 1.42 bits per heavy atom. The minimum absolute atomic E-state index is 0.170. The summed E-state index contributed by atoms with van der Waals surface area (Å²) >= 11 is 0. The van der Waals surface area contributed by atoms with Crippen LogP contribution in [-0.4, -0.2) is 38.5 Å². The van der Waals surface area contributed by atoms with Crippen molar-refractivity contribution in [1.29, 1.82) is 0 Å². The van der Waals surface area contributed by atoms with Crippen LogP contribution in [0.3, 0.4) is 0 Å². The zero-order valence-electron chi connectivity index (χ0n) is 10.8. The van der Waals surface area contributed by atoms with E-state index in [4.69, 9.17) is 5.11 Å². The second kappa shape index (κ2) is 5.81. The van der Waals surface area contributed by atoms with Gasteiger partial charge in [-0.2, -0.15) is 0 Å². The van der Waals surface area contributed by atoms with Gasteiger partial charge in [0.1, 0.15) is 0 Å². The number of nitrogens with zero attached hydrogens (tertiary/aromatic N) is 3. The van der Waals surface area contributed by atoms with Gasteiger partial charge in [0.25, 0.3) is 0 Å². The highest BCUT2D eigenvalue weighted by Crippen LogP contribution is 2.36. The van der Waals surface area contributed by atoms with Gasteiger partial charge in [-0.3, -0.25) is 14.3 Å². The quantitative estimate of drug-likeness (QED) is 0.790. The molecule has 1 amide bonds. The summed E-state index contributed by atoms with van der Waals surface area (Å²) < 4.78 is 1.62. The van der Waals surface area contributed by atoms with Gasteiger partial charge in [-0.05, 0) is 18.8 Å². The number of carbonyl (C=O) groups is 2. The fourth-order valence-electron chi connectivity index (χ4n) is 2.63. The number of hydrogen-bond acceptors (Lipinski definition) is 4. The van der Waals surface area contributed by atoms with Crippen molar-refractivity contribution in [2.24, 2.45) is 17.8 Å². The second-order valence-electron chi connectivity index (χ2n) is 5.08. The van der Waals surface area contributed by atoms with E-state index in [0.717, 1.165) is 0 Å². The highest BCUT2D eigenvalue weighted by Gasteiger charge is 2.40. The second-order valence-corrected chi connectivity index (χ2v) is 5.08. The lowest BCUT2D eigenvalue weighted by molar-refractivity contribution is -0.146. The third-order valence-electron chi connectivity index (χ3n) is 3.56. The Balaban J connectivity index is 1.83. The molecule has 104 valence electrons. The predicted molar refractivity (Wildman–Crippen MR) is 66.0 cm³/mol. The molecule has 2 rings (SSSR count). The van der Waals surface area contributed by atoms with Gasteiger partial charge in [0, 0.05) is 12.7 Å². The summed E-state index contributed by atoms with van der Waals surface area (Å²) in [5, 5.41) is 19.4. The van der Waals surface area contributed by atoms with Gasteiger partial charge in [-0.25, -0.2) is 0 Å². The molecule has 1 aromatic rings. The average molecular weight is 266 g/mol. The molecule has 0 spiro atoms. The van der Waals surface area contributed by atoms with Crippen molar-refractivity contribution in [2.45, 2.75) is 26.3 Å². The van der Waals surface area contributed by atoms with E-state index in [2.05, 4.69) is 15.6 Å². The molecule has 1 aliphatic rings. The van der Waals surface area contributed by atoms with Crippen molar-refractivity contribution in [3.63, 3.8) is 0 Å². The average Bonchev–Trinajstić information content (AvgIpc) is 2.98. The Labute approximate surface area is 111 Å². The fraction of sp³-hybridized carbons (Fsp3) is 0.667. The van der Waals surface area contributed by atoms with E-state index in [1.54, 1.807) is 17.1 Å². The number of hydrogen-bond donors (Lipinski definition) is 2. The molecular formula is C12H18N4O3. The molecule has 1 saturated carbocycles. The van der Waals surface area contributed by atoms with Gasteiger partial charge >= 0.3 is 5.97 Å². The molecule has 1 aromatic heterocycles. The summed E-state index contributed by atoms with van der Waals surface area (Å²) in [7, 11) is 0. The van der Waals surface area contributed by atoms with E-state index < -0.39 is 17.8 Å². The predicted octanol–water partition coefficient (Wildman–Crippen LogP) is 0.141. The topological polar surface area (TPSA) is 97.1 Å². The molecule has 0 aromatic carbocycles. The van der Waals surface area contributed by atoms with Gasteiger partial charge in [0.05, 0.1) is 24.6 Å². The molecule has 3 atom stereocenters. The number of aliphatic carboxylic acids is 1. The Morgan fingerprint density at radius 2 is 2.16 bits per heavy atom. The third-order valence-corrected chi connectivity index (χ3v) is 3.56. The zero-order valence-corrected chi connectivity index (χ0v) is 10.8. The van der Waals surface area contributed by atoms with E-state index in [-0.39, 0.29) is 11.8 Å². The van der Waals surface area contributed by atoms with Crippen LogP contribution in [0, 0.1) is 17.8 Å². The van der Waals surface area contributed by atoms with Crippen molar-refractivity contribution in [3.8, 4) is 0 Å². The van der Waals surface area contributed by atoms with Crippen LogP contribution < -0.4 is 5.32 Å². The lowest BCUT2D eigenvalue weighted by atomic mass is 9.95. The third kappa shape index (κ3) is 3.30. The lowest BCUT2D eigenvalue weighted by Crippen LogP contribution is -2.36. The van der Waals surface area contributed by atoms with E-state index in [1.807, 2.05) is 6.92 Å². The van der Waals surface area contributed by atoms with Gasteiger partial charge in [0.2, 0.25) is 5.91 Å². The van der Waals surface area contributed by atoms with Crippen molar-refractivity contribution < 1.29 is 14.7 Å². The maximum Gasteiger partial charge on any atom is 0.307 e. The number of aromatic nitrogens is 3. The Bertz CT molecular complexity index is 446. The van der Waals surface area contributed by atoms with Crippen LogP contribution in [0.15, 0.2) is 12.4 Å². The van der Waals surface area contributed by atoms with Crippen molar-refractivity contribution in [3.05, 3.63) is 12.4 Å². The largest absolute Gasteiger partial charge is 0.481 e. The summed E-state index contributed by atoms with van der Waals surface area (Å²) in [5.41, 5.74) is 0. The Hall–Kier alpha value is -1.92. The molecule has 7 heteroatoms. The molecule has 7 nitrogen and oxygen atoms in total. The first-order valence-corrected chi connectivity index (χ1v) is 6.42. The molecule has 0 bridgehead atoms. The molecule has 1 heterocycles. The molecule has 2 N–H and O–H groups in total. The number of carboxylic acids is 1. The van der Waals surface area contributed by atoms with Crippen LogP contribution >= 0.6 is 0 Å². The van der Waals surface area contributed by atoms with Crippen molar-refractivity contribution in [2.75, 3.05) is 6.54 Å². The first-order chi connectivity index (χ1) is 9.08. The maximum absolute atomic E-state index is 12.0. The number of rotatable bonds is 5. The van der Waals surface area contributed by atoms with Crippen LogP contribution in [-0.2, 0) is 16.1 Å². The summed E-state index contributed by atoms with van der Waals surface area (Å²) in [6, 6.07) is 0. The summed E-state index contributed by atoms with van der Waals surface area (Å²) in [6.45, 7) is 2.95. The van der Waals surface area contributed by atoms with E-state index >= 15 is 0 Å². The highest BCUT2D eigenvalue weighted by atomic mass is 16.4. The molecule has 1 unspecified atom stereocenters. The van der Waals surface area contributed by atoms with Crippen LogP contribution in [0.4, 0.5) is 0 Å². The molecule has 0 radical (unpaired) electrons. The van der Waals surface area contributed by atoms with E-state index in [1.165, 1.54) is 0 Å². The van der Waals surface area contributed by atoms with Crippen LogP contribution in [0.1, 0.15) is 19.8 Å². The monoisotopic (exact) mass is 266 g/mol. The van der Waals surface area contributed by atoms with Gasteiger partial charge in [-0.15, -0.1) is 5.10 Å². The summed E-state index contributed by atoms with van der Waals surface area (Å²) in [4.78, 5) is 23.1. The summed E-state index contributed by atoms with van der Waals surface area (Å²) in [5.74, 6) is -1.73. The number of carboxylic acid groups (broad SMARTS) is 1. The normalized spacial score (nSPS) is 26.3. The van der Waals surface area contributed by atoms with Gasteiger partial charge in [-0.1, -0.05) is 12.1 Å². The van der Waals surface area contributed by atoms with Crippen LogP contribution in [0.2, 0.25) is 0 Å². The van der Waals surface area contributed by atoms with Crippen molar-refractivity contribution in [1.82, 2.24) is 20.3 Å². The standard InChI is InChI=1S/C12H18N4O3/c1-8-6-9(10(7-8)12(18)19)11(17)13-2-4-16-5-3-14-15-16/h3,5,8-10H,2,4,6-7H2,1H3,(H,13,17)(H,18,19)/t8?,9-,10+/m0/s1. The first-order valence-electron chi connectivity index (χ1n) is 6.42. The van der Waals surface area contributed by atoms with Gasteiger partial charge in [0.15, 0.2) is 0 Å². The van der Waals surface area contributed by atoms with Crippen LogP contribution in [0.5, 0.6) is 0 Å². The van der Waals surface area contributed by atoms with Crippen LogP contribution in [0.25, 0.3) is 0 Å². The van der Waals surface area contributed by atoms with Gasteiger partial charge < -0.3 is 10.4 Å². The first kappa shape index (κ1) is 13.5. The van der Waals surface area contributed by atoms with E-state index in [0.29, 0.717) is 25.9 Å². The van der Waals surface area contributed by atoms with E-state index in [9.17, 15) is 9.59 Å². The number of amides is 1. The highest BCUT2D eigenvalue weighted by molar-refractivity contribution is 5.85. The Morgan fingerprint density at radius 3 is 2.79 bits per heavy atom. The molecule has 1 aliphatic carbocycles. The molecule has 0 saturated heterocycles. The molecule has 19 heavy (non-hydrogen) atoms. The Kier molecular flexibility index (Phi) is 4.13. The van der Waals surface area contributed by atoms with Crippen molar-refractivity contribution >= 4 is 11.9 Å². The number of carbonyl (C=O) groups excluding carboxylic acids is 1. The minimum atomic E-state index is -0.874. The molecular weight excluding hydrogens is 248 g/mol. The smallest absolute Gasteiger partial charge is 0.307 e. The maximum atomic E-state index is 12.0. The fourth-order valence-corrected chi connectivity index (χ4v) is 2.63. The zero-order chi connectivity index (χ0) is 13.8.